The molecule has 1 rings (SSSR count). The Labute approximate surface area is 83.1 Å². The zero-order valence-corrected chi connectivity index (χ0v) is 8.75. The Kier molecular flexibility index (Phi) is 2.99. The second-order valence-electron chi connectivity index (χ2n) is 4.56. The van der Waals surface area contributed by atoms with E-state index < -0.39 is 23.8 Å². The average molecular weight is 204 g/mol. The first-order valence-corrected chi connectivity index (χ1v) is 4.71. The highest BCUT2D eigenvalue weighted by atomic mass is 19.1. The molecular formula is C9H17FN2O2. The molecule has 0 radical (unpaired) electrons. The van der Waals surface area contributed by atoms with Crippen LogP contribution in [0.2, 0.25) is 0 Å². The quantitative estimate of drug-likeness (QED) is 0.672. The van der Waals surface area contributed by atoms with E-state index in [-0.39, 0.29) is 6.54 Å². The van der Waals surface area contributed by atoms with Gasteiger partial charge in [-0.05, 0) is 20.8 Å². The molecule has 1 aliphatic rings. The summed E-state index contributed by atoms with van der Waals surface area (Å²) in [5.41, 5.74) is -0.563. The third-order valence-electron chi connectivity index (χ3n) is 2.37. The predicted octanol–water partition coefficient (Wildman–Crippen LogP) is 1.07. The van der Waals surface area contributed by atoms with E-state index in [4.69, 9.17) is 5.11 Å². The molecule has 0 aromatic rings. The van der Waals surface area contributed by atoms with Gasteiger partial charge in [0, 0.05) is 18.6 Å². The standard InChI is InChI=1S/C9H17FN2O2/c1-9(2,3)12(8(13)14)7-5-11-4-6(7)10/h6-7,11H,4-5H2,1-3H3,(H,13,14)/t6-,7-/m0/s1. The van der Waals surface area contributed by atoms with E-state index >= 15 is 0 Å². The maximum absolute atomic E-state index is 13.4. The zero-order valence-electron chi connectivity index (χ0n) is 8.75. The number of rotatable bonds is 1. The number of nitrogens with zero attached hydrogens (tertiary/aromatic N) is 1. The summed E-state index contributed by atoms with van der Waals surface area (Å²) in [5, 5.41) is 11.9. The van der Waals surface area contributed by atoms with Gasteiger partial charge in [-0.3, -0.25) is 4.90 Å². The lowest BCUT2D eigenvalue weighted by molar-refractivity contribution is 0.0540. The van der Waals surface area contributed by atoms with Crippen molar-refractivity contribution in [3.05, 3.63) is 0 Å². The van der Waals surface area contributed by atoms with Crippen molar-refractivity contribution in [3.63, 3.8) is 0 Å². The molecule has 1 amide bonds. The Morgan fingerprint density at radius 2 is 2.07 bits per heavy atom. The maximum atomic E-state index is 13.4. The predicted molar refractivity (Wildman–Crippen MR) is 51.2 cm³/mol. The first kappa shape index (κ1) is 11.2. The Hall–Kier alpha value is -0.840. The molecule has 1 aliphatic heterocycles. The maximum Gasteiger partial charge on any atom is 0.408 e. The van der Waals surface area contributed by atoms with Crippen molar-refractivity contribution < 1.29 is 14.3 Å². The topological polar surface area (TPSA) is 52.6 Å². The third-order valence-corrected chi connectivity index (χ3v) is 2.37. The summed E-state index contributed by atoms with van der Waals surface area (Å²) in [6.45, 7) is 5.94. The van der Waals surface area contributed by atoms with E-state index in [0.29, 0.717) is 6.54 Å². The highest BCUT2D eigenvalue weighted by Gasteiger charge is 2.40. The van der Waals surface area contributed by atoms with Crippen LogP contribution in [0.4, 0.5) is 9.18 Å². The van der Waals surface area contributed by atoms with Crippen molar-refractivity contribution >= 4 is 6.09 Å². The summed E-state index contributed by atoms with van der Waals surface area (Å²) in [5.74, 6) is 0. The third kappa shape index (κ3) is 2.15. The number of amides is 1. The van der Waals surface area contributed by atoms with Crippen LogP contribution in [0.15, 0.2) is 0 Å². The van der Waals surface area contributed by atoms with Crippen LogP contribution in [0.5, 0.6) is 0 Å². The van der Waals surface area contributed by atoms with Gasteiger partial charge in [-0.1, -0.05) is 0 Å². The van der Waals surface area contributed by atoms with E-state index in [0.717, 1.165) is 0 Å². The monoisotopic (exact) mass is 204 g/mol. The SMILES string of the molecule is CC(C)(C)N(C(=O)O)[C@H]1CNC[C@@H]1F. The largest absolute Gasteiger partial charge is 0.465 e. The minimum absolute atomic E-state index is 0.241. The van der Waals surface area contributed by atoms with Gasteiger partial charge in [0.15, 0.2) is 0 Å². The lowest BCUT2D eigenvalue weighted by Crippen LogP contribution is -2.54. The van der Waals surface area contributed by atoms with E-state index in [2.05, 4.69) is 5.32 Å². The van der Waals surface area contributed by atoms with Crippen molar-refractivity contribution in [2.24, 2.45) is 0 Å². The summed E-state index contributed by atoms with van der Waals surface area (Å²) < 4.78 is 13.4. The van der Waals surface area contributed by atoms with Crippen LogP contribution >= 0.6 is 0 Å². The number of hydrogen-bond acceptors (Lipinski definition) is 2. The Morgan fingerprint density at radius 3 is 2.36 bits per heavy atom. The minimum atomic E-state index is -1.11. The van der Waals surface area contributed by atoms with Gasteiger partial charge in [-0.15, -0.1) is 0 Å². The first-order valence-electron chi connectivity index (χ1n) is 4.71. The van der Waals surface area contributed by atoms with Crippen molar-refractivity contribution in [2.75, 3.05) is 13.1 Å². The van der Waals surface area contributed by atoms with E-state index in [9.17, 15) is 9.18 Å². The van der Waals surface area contributed by atoms with Crippen LogP contribution in [-0.2, 0) is 0 Å². The van der Waals surface area contributed by atoms with Crippen molar-refractivity contribution in [3.8, 4) is 0 Å². The van der Waals surface area contributed by atoms with Gasteiger partial charge in [0.05, 0.1) is 6.04 Å². The molecule has 1 saturated heterocycles. The molecule has 0 unspecified atom stereocenters. The molecular weight excluding hydrogens is 187 g/mol. The number of halogens is 1. The van der Waals surface area contributed by atoms with Crippen molar-refractivity contribution in [1.29, 1.82) is 0 Å². The van der Waals surface area contributed by atoms with Crippen LogP contribution in [0, 0.1) is 0 Å². The van der Waals surface area contributed by atoms with E-state index in [1.165, 1.54) is 4.90 Å². The summed E-state index contributed by atoms with van der Waals surface area (Å²) in [6.07, 6.45) is -2.17. The van der Waals surface area contributed by atoms with Gasteiger partial charge >= 0.3 is 6.09 Å². The van der Waals surface area contributed by atoms with Gasteiger partial charge in [-0.25, -0.2) is 9.18 Å². The van der Waals surface area contributed by atoms with Crippen molar-refractivity contribution in [1.82, 2.24) is 10.2 Å². The average Bonchev–Trinajstić information content (AvgIpc) is 2.32. The highest BCUT2D eigenvalue weighted by Crippen LogP contribution is 2.22. The normalized spacial score (nSPS) is 27.7. The fourth-order valence-corrected chi connectivity index (χ4v) is 1.81. The molecule has 2 atom stereocenters. The lowest BCUT2D eigenvalue weighted by Gasteiger charge is -2.38. The Bertz CT molecular complexity index is 227. The molecule has 2 N–H and O–H groups in total. The molecule has 82 valence electrons. The highest BCUT2D eigenvalue weighted by molar-refractivity contribution is 5.66. The molecule has 0 saturated carbocycles. The molecule has 0 spiro atoms. The molecule has 0 aliphatic carbocycles. The molecule has 5 heteroatoms. The van der Waals surface area contributed by atoms with Crippen molar-refractivity contribution in [2.45, 2.75) is 38.5 Å². The fraction of sp³-hybridized carbons (Fsp3) is 0.889. The zero-order chi connectivity index (χ0) is 10.9. The Balaban J connectivity index is 2.83. The second kappa shape index (κ2) is 3.73. The number of hydrogen-bond donors (Lipinski definition) is 2. The van der Waals surface area contributed by atoms with Gasteiger partial charge in [0.25, 0.3) is 0 Å². The molecule has 0 bridgehead atoms. The summed E-state index contributed by atoms with van der Waals surface area (Å²) in [4.78, 5) is 12.2. The second-order valence-corrected chi connectivity index (χ2v) is 4.56. The summed E-state index contributed by atoms with van der Waals surface area (Å²) in [7, 11) is 0. The molecule has 0 aromatic heterocycles. The minimum Gasteiger partial charge on any atom is -0.465 e. The molecule has 1 fully saturated rings. The molecule has 4 nitrogen and oxygen atoms in total. The molecule has 1 heterocycles. The van der Waals surface area contributed by atoms with Gasteiger partial charge in [0.1, 0.15) is 6.17 Å². The van der Waals surface area contributed by atoms with Crippen LogP contribution in [0.25, 0.3) is 0 Å². The Morgan fingerprint density at radius 1 is 1.50 bits per heavy atom. The fourth-order valence-electron chi connectivity index (χ4n) is 1.81. The van der Waals surface area contributed by atoms with E-state index in [1.54, 1.807) is 20.8 Å². The number of alkyl halides is 1. The van der Waals surface area contributed by atoms with Crippen LogP contribution < -0.4 is 5.32 Å². The molecule has 14 heavy (non-hydrogen) atoms. The number of carboxylic acid groups (broad SMARTS) is 1. The van der Waals surface area contributed by atoms with Gasteiger partial charge in [-0.2, -0.15) is 0 Å². The van der Waals surface area contributed by atoms with Gasteiger partial charge in [0.2, 0.25) is 0 Å². The van der Waals surface area contributed by atoms with E-state index in [1.807, 2.05) is 0 Å². The number of nitrogens with one attached hydrogen (secondary N) is 1. The summed E-state index contributed by atoms with van der Waals surface area (Å²) in [6, 6.07) is -0.563. The van der Waals surface area contributed by atoms with Crippen LogP contribution in [-0.4, -0.2) is 46.9 Å². The smallest absolute Gasteiger partial charge is 0.408 e. The van der Waals surface area contributed by atoms with Crippen LogP contribution in [0.1, 0.15) is 20.8 Å². The summed E-state index contributed by atoms with van der Waals surface area (Å²) >= 11 is 0. The first-order chi connectivity index (χ1) is 6.34. The molecule has 0 aromatic carbocycles. The lowest BCUT2D eigenvalue weighted by atomic mass is 10.0. The van der Waals surface area contributed by atoms with Gasteiger partial charge < -0.3 is 10.4 Å². The van der Waals surface area contributed by atoms with Crippen LogP contribution in [0.3, 0.4) is 0 Å². The number of carbonyl (C=O) groups is 1.